The number of hydrogen-bond donors (Lipinski definition) is 1. The Morgan fingerprint density at radius 3 is 2.46 bits per heavy atom. The standard InChI is InChI=1S/C21H21F3N2O2/c1-2-11-26-18(27)12-15-5-3-4-6-17(15)19(26)20(28)25-13-14-7-9-16(10-8-14)21(22,23)24/h3-10,19H,2,11-13H2,1H3,(H,25,28)/t19-/m1/s1. The highest BCUT2D eigenvalue weighted by molar-refractivity contribution is 5.92. The maximum Gasteiger partial charge on any atom is 0.416 e. The number of alkyl halides is 3. The number of hydrogen-bond acceptors (Lipinski definition) is 2. The fourth-order valence-corrected chi connectivity index (χ4v) is 3.41. The molecule has 0 saturated heterocycles. The van der Waals surface area contributed by atoms with Crippen molar-refractivity contribution >= 4 is 11.8 Å². The fraction of sp³-hybridized carbons (Fsp3) is 0.333. The van der Waals surface area contributed by atoms with Gasteiger partial charge in [-0.05, 0) is 35.2 Å². The van der Waals surface area contributed by atoms with E-state index in [-0.39, 0.29) is 24.8 Å². The van der Waals surface area contributed by atoms with E-state index in [2.05, 4.69) is 5.32 Å². The lowest BCUT2D eigenvalue weighted by Gasteiger charge is -2.36. The quantitative estimate of drug-likeness (QED) is 0.843. The van der Waals surface area contributed by atoms with E-state index < -0.39 is 17.8 Å². The lowest BCUT2D eigenvalue weighted by molar-refractivity contribution is -0.141. The molecule has 0 aromatic heterocycles. The van der Waals surface area contributed by atoms with Crippen molar-refractivity contribution in [3.63, 3.8) is 0 Å². The van der Waals surface area contributed by atoms with E-state index in [1.54, 1.807) is 4.90 Å². The Kier molecular flexibility index (Phi) is 5.72. The molecule has 28 heavy (non-hydrogen) atoms. The summed E-state index contributed by atoms with van der Waals surface area (Å²) in [5, 5.41) is 2.76. The summed E-state index contributed by atoms with van der Waals surface area (Å²) < 4.78 is 38.0. The molecule has 0 fully saturated rings. The van der Waals surface area contributed by atoms with Crippen LogP contribution in [0, 0.1) is 0 Å². The Bertz CT molecular complexity index is 863. The van der Waals surface area contributed by atoms with Gasteiger partial charge in [-0.2, -0.15) is 13.2 Å². The molecule has 148 valence electrons. The summed E-state index contributed by atoms with van der Waals surface area (Å²) >= 11 is 0. The lowest BCUT2D eigenvalue weighted by atomic mass is 9.91. The van der Waals surface area contributed by atoms with Crippen molar-refractivity contribution in [2.75, 3.05) is 6.54 Å². The molecular formula is C21H21F3N2O2. The average molecular weight is 390 g/mol. The second-order valence-electron chi connectivity index (χ2n) is 6.78. The first-order valence-electron chi connectivity index (χ1n) is 9.12. The third-order valence-electron chi connectivity index (χ3n) is 4.78. The zero-order chi connectivity index (χ0) is 20.3. The number of rotatable bonds is 5. The van der Waals surface area contributed by atoms with Gasteiger partial charge < -0.3 is 10.2 Å². The van der Waals surface area contributed by atoms with Crippen LogP contribution in [0.2, 0.25) is 0 Å². The van der Waals surface area contributed by atoms with Crippen molar-refractivity contribution in [1.29, 1.82) is 0 Å². The molecule has 3 rings (SSSR count). The first-order chi connectivity index (χ1) is 13.3. The number of carbonyl (C=O) groups is 2. The maximum absolute atomic E-state index is 12.9. The molecule has 7 heteroatoms. The van der Waals surface area contributed by atoms with Crippen LogP contribution < -0.4 is 5.32 Å². The monoisotopic (exact) mass is 390 g/mol. The molecule has 1 heterocycles. The van der Waals surface area contributed by atoms with Crippen LogP contribution in [0.1, 0.15) is 41.6 Å². The normalized spacial score (nSPS) is 16.6. The first-order valence-corrected chi connectivity index (χ1v) is 9.12. The van der Waals surface area contributed by atoms with E-state index in [0.29, 0.717) is 12.1 Å². The van der Waals surface area contributed by atoms with Gasteiger partial charge in [0.25, 0.3) is 0 Å². The van der Waals surface area contributed by atoms with Crippen LogP contribution >= 0.6 is 0 Å². The van der Waals surface area contributed by atoms with Gasteiger partial charge in [0.2, 0.25) is 11.8 Å². The molecule has 0 bridgehead atoms. The Balaban J connectivity index is 1.77. The van der Waals surface area contributed by atoms with E-state index in [4.69, 9.17) is 0 Å². The highest BCUT2D eigenvalue weighted by atomic mass is 19.4. The number of amides is 2. The molecule has 0 saturated carbocycles. The summed E-state index contributed by atoms with van der Waals surface area (Å²) in [6.07, 6.45) is -3.41. The van der Waals surface area contributed by atoms with Crippen LogP contribution in [-0.2, 0) is 28.7 Å². The summed E-state index contributed by atoms with van der Waals surface area (Å²) in [6.45, 7) is 2.49. The average Bonchev–Trinajstić information content (AvgIpc) is 2.66. The maximum atomic E-state index is 12.9. The molecule has 2 aromatic rings. The zero-order valence-electron chi connectivity index (χ0n) is 15.4. The number of benzene rings is 2. The molecule has 0 radical (unpaired) electrons. The predicted molar refractivity (Wildman–Crippen MR) is 98.2 cm³/mol. The second-order valence-corrected chi connectivity index (χ2v) is 6.78. The van der Waals surface area contributed by atoms with Crippen LogP contribution in [0.3, 0.4) is 0 Å². The Morgan fingerprint density at radius 1 is 1.14 bits per heavy atom. The van der Waals surface area contributed by atoms with Crippen LogP contribution in [0.4, 0.5) is 13.2 Å². The van der Waals surface area contributed by atoms with Crippen LogP contribution in [0.15, 0.2) is 48.5 Å². The van der Waals surface area contributed by atoms with Crippen molar-refractivity contribution in [3.05, 3.63) is 70.8 Å². The molecule has 1 aliphatic heterocycles. The largest absolute Gasteiger partial charge is 0.416 e. The van der Waals surface area contributed by atoms with Gasteiger partial charge >= 0.3 is 6.18 Å². The second kappa shape index (κ2) is 8.04. The highest BCUT2D eigenvalue weighted by Crippen LogP contribution is 2.31. The molecule has 1 atom stereocenters. The number of carbonyl (C=O) groups excluding carboxylic acids is 2. The molecule has 0 aliphatic carbocycles. The molecule has 0 unspecified atom stereocenters. The van der Waals surface area contributed by atoms with Gasteiger partial charge in [0, 0.05) is 13.1 Å². The van der Waals surface area contributed by atoms with E-state index in [9.17, 15) is 22.8 Å². The molecule has 1 N–H and O–H groups in total. The van der Waals surface area contributed by atoms with E-state index in [1.807, 2.05) is 31.2 Å². The smallest absolute Gasteiger partial charge is 0.350 e. The van der Waals surface area contributed by atoms with Crippen molar-refractivity contribution in [1.82, 2.24) is 10.2 Å². The summed E-state index contributed by atoms with van der Waals surface area (Å²) in [5.74, 6) is -0.441. The number of nitrogens with one attached hydrogen (secondary N) is 1. The number of nitrogens with zero attached hydrogens (tertiary/aromatic N) is 1. The minimum Gasteiger partial charge on any atom is -0.350 e. The van der Waals surface area contributed by atoms with E-state index in [0.717, 1.165) is 29.7 Å². The molecule has 0 spiro atoms. The van der Waals surface area contributed by atoms with Crippen molar-refractivity contribution < 1.29 is 22.8 Å². The van der Waals surface area contributed by atoms with Gasteiger partial charge in [-0.1, -0.05) is 43.3 Å². The van der Waals surface area contributed by atoms with E-state index >= 15 is 0 Å². The Hall–Kier alpha value is -2.83. The minimum absolute atomic E-state index is 0.0871. The molecule has 2 aromatic carbocycles. The lowest BCUT2D eigenvalue weighted by Crippen LogP contribution is -2.47. The van der Waals surface area contributed by atoms with Crippen LogP contribution in [0.25, 0.3) is 0 Å². The summed E-state index contributed by atoms with van der Waals surface area (Å²) in [4.78, 5) is 27.0. The van der Waals surface area contributed by atoms with Gasteiger partial charge in [-0.25, -0.2) is 0 Å². The van der Waals surface area contributed by atoms with Gasteiger partial charge in [0.15, 0.2) is 0 Å². The molecule has 1 aliphatic rings. The van der Waals surface area contributed by atoms with Crippen molar-refractivity contribution in [2.24, 2.45) is 0 Å². The topological polar surface area (TPSA) is 49.4 Å². The fourth-order valence-electron chi connectivity index (χ4n) is 3.41. The minimum atomic E-state index is -4.39. The van der Waals surface area contributed by atoms with Gasteiger partial charge in [-0.3, -0.25) is 9.59 Å². The summed E-state index contributed by atoms with van der Waals surface area (Å²) in [7, 11) is 0. The number of fused-ring (bicyclic) bond motifs is 1. The molecular weight excluding hydrogens is 369 g/mol. The summed E-state index contributed by atoms with van der Waals surface area (Å²) in [5.41, 5.74) is 1.44. The summed E-state index contributed by atoms with van der Waals surface area (Å²) in [6, 6.07) is 11.3. The van der Waals surface area contributed by atoms with Crippen LogP contribution in [0.5, 0.6) is 0 Å². The van der Waals surface area contributed by atoms with Crippen LogP contribution in [-0.4, -0.2) is 23.3 Å². The third kappa shape index (κ3) is 4.18. The van der Waals surface area contributed by atoms with E-state index in [1.165, 1.54) is 12.1 Å². The SMILES string of the molecule is CCCN1C(=O)Cc2ccccc2[C@@H]1C(=O)NCc1ccc(C(F)(F)F)cc1. The molecule has 2 amide bonds. The van der Waals surface area contributed by atoms with Crippen molar-refractivity contribution in [2.45, 2.75) is 38.5 Å². The Morgan fingerprint density at radius 2 is 1.82 bits per heavy atom. The molecule has 4 nitrogen and oxygen atoms in total. The zero-order valence-corrected chi connectivity index (χ0v) is 15.4. The first kappa shape index (κ1) is 19.9. The highest BCUT2D eigenvalue weighted by Gasteiger charge is 2.36. The predicted octanol–water partition coefficient (Wildman–Crippen LogP) is 3.86. The van der Waals surface area contributed by atoms with Gasteiger partial charge in [0.1, 0.15) is 6.04 Å². The van der Waals surface area contributed by atoms with Gasteiger partial charge in [-0.15, -0.1) is 0 Å². The number of halogens is 3. The van der Waals surface area contributed by atoms with Gasteiger partial charge in [0.05, 0.1) is 12.0 Å². The Labute approximate surface area is 161 Å². The third-order valence-corrected chi connectivity index (χ3v) is 4.78. The van der Waals surface area contributed by atoms with Crippen molar-refractivity contribution in [3.8, 4) is 0 Å².